The number of hydrogen-bond donors (Lipinski definition) is 1. The summed E-state index contributed by atoms with van der Waals surface area (Å²) in [5.74, 6) is 0.595. The fourth-order valence-corrected chi connectivity index (χ4v) is 2.89. The van der Waals surface area contributed by atoms with Gasteiger partial charge >= 0.3 is 0 Å². The van der Waals surface area contributed by atoms with Gasteiger partial charge in [0.2, 0.25) is 0 Å². The van der Waals surface area contributed by atoms with Gasteiger partial charge in [0, 0.05) is 23.0 Å². The molecule has 3 aromatic rings. The van der Waals surface area contributed by atoms with Gasteiger partial charge < -0.3 is 10.1 Å². The zero-order chi connectivity index (χ0) is 19.4. The van der Waals surface area contributed by atoms with Gasteiger partial charge in [-0.1, -0.05) is 18.2 Å². The molecule has 1 heterocycles. The van der Waals surface area contributed by atoms with Gasteiger partial charge in [-0.05, 0) is 63.6 Å². The first-order valence-corrected chi connectivity index (χ1v) is 9.09. The zero-order valence-electron chi connectivity index (χ0n) is 16.2. The fraction of sp³-hybridized carbons (Fsp3) is 0.273. The van der Waals surface area contributed by atoms with E-state index in [0.29, 0.717) is 17.8 Å². The molecule has 0 aliphatic heterocycles. The van der Waals surface area contributed by atoms with Crippen molar-refractivity contribution in [2.75, 3.05) is 5.32 Å². The van der Waals surface area contributed by atoms with Crippen LogP contribution in [0.5, 0.6) is 5.75 Å². The Balaban J connectivity index is 1.66. The van der Waals surface area contributed by atoms with Crippen LogP contribution in [-0.4, -0.2) is 21.8 Å². The Kier molecular flexibility index (Phi) is 5.60. The number of aromatic nitrogens is 2. The first kappa shape index (κ1) is 18.7. The minimum Gasteiger partial charge on any atom is -0.491 e. The second-order valence-electron chi connectivity index (χ2n) is 6.93. The summed E-state index contributed by atoms with van der Waals surface area (Å²) in [5.41, 5.74) is 4.56. The molecular formula is C22H25N3O2. The number of amides is 1. The summed E-state index contributed by atoms with van der Waals surface area (Å²) in [6.07, 6.45) is 0.0886. The number of ether oxygens (including phenoxy) is 1. The lowest BCUT2D eigenvalue weighted by atomic mass is 10.1. The van der Waals surface area contributed by atoms with E-state index < -0.39 is 0 Å². The molecule has 0 spiro atoms. The van der Waals surface area contributed by atoms with Crippen molar-refractivity contribution in [1.29, 1.82) is 0 Å². The largest absolute Gasteiger partial charge is 0.491 e. The number of aryl methyl sites for hydroxylation is 2. The Bertz CT molecular complexity index is 927. The summed E-state index contributed by atoms with van der Waals surface area (Å²) < 4.78 is 7.63. The summed E-state index contributed by atoms with van der Waals surface area (Å²) in [6.45, 7) is 8.66. The molecule has 5 nitrogen and oxygen atoms in total. The lowest BCUT2D eigenvalue weighted by Gasteiger charge is -2.12. The van der Waals surface area contributed by atoms with Crippen LogP contribution in [0.25, 0.3) is 0 Å². The number of nitrogens with zero attached hydrogens (tertiary/aromatic N) is 2. The second-order valence-corrected chi connectivity index (χ2v) is 6.93. The number of benzene rings is 2. The molecule has 0 fully saturated rings. The molecule has 0 saturated carbocycles. The number of rotatable bonds is 6. The van der Waals surface area contributed by atoms with Crippen LogP contribution in [0.1, 0.15) is 41.2 Å². The number of carbonyl (C=O) groups is 1. The monoisotopic (exact) mass is 363 g/mol. The quantitative estimate of drug-likeness (QED) is 0.697. The molecule has 1 N–H and O–H groups in total. The summed E-state index contributed by atoms with van der Waals surface area (Å²) in [4.78, 5) is 12.5. The van der Waals surface area contributed by atoms with Crippen LogP contribution in [0.4, 0.5) is 5.69 Å². The lowest BCUT2D eigenvalue weighted by molar-refractivity contribution is 0.102. The Labute approximate surface area is 160 Å². The summed E-state index contributed by atoms with van der Waals surface area (Å²) in [5, 5.41) is 7.39. The maximum Gasteiger partial charge on any atom is 0.255 e. The smallest absolute Gasteiger partial charge is 0.255 e. The van der Waals surface area contributed by atoms with E-state index in [4.69, 9.17) is 4.74 Å². The Hall–Kier alpha value is -3.08. The number of nitrogens with one attached hydrogen (secondary N) is 1. The van der Waals surface area contributed by atoms with Crippen LogP contribution in [-0.2, 0) is 6.54 Å². The first-order chi connectivity index (χ1) is 12.9. The van der Waals surface area contributed by atoms with Crippen LogP contribution in [0.15, 0.2) is 54.6 Å². The number of hydrogen-bond acceptors (Lipinski definition) is 3. The molecule has 1 aromatic heterocycles. The average molecular weight is 363 g/mol. The van der Waals surface area contributed by atoms with Gasteiger partial charge in [-0.25, -0.2) is 0 Å². The molecule has 3 rings (SSSR count). The molecule has 0 saturated heterocycles. The van der Waals surface area contributed by atoms with Crippen LogP contribution in [0, 0.1) is 13.8 Å². The van der Waals surface area contributed by atoms with E-state index in [1.54, 1.807) is 0 Å². The summed E-state index contributed by atoms with van der Waals surface area (Å²) in [7, 11) is 0. The van der Waals surface area contributed by atoms with Gasteiger partial charge in [0.25, 0.3) is 5.91 Å². The normalized spacial score (nSPS) is 10.9. The van der Waals surface area contributed by atoms with Crippen molar-refractivity contribution in [3.63, 3.8) is 0 Å². The Morgan fingerprint density at radius 1 is 1.11 bits per heavy atom. The van der Waals surface area contributed by atoms with E-state index in [1.807, 2.05) is 80.9 Å². The van der Waals surface area contributed by atoms with Crippen LogP contribution in [0.2, 0.25) is 0 Å². The first-order valence-electron chi connectivity index (χ1n) is 9.09. The van der Waals surface area contributed by atoms with Crippen molar-refractivity contribution in [2.24, 2.45) is 0 Å². The van der Waals surface area contributed by atoms with Gasteiger partial charge in [0.15, 0.2) is 0 Å². The van der Waals surface area contributed by atoms with Crippen molar-refractivity contribution in [3.8, 4) is 5.75 Å². The van der Waals surface area contributed by atoms with Crippen molar-refractivity contribution in [3.05, 3.63) is 77.1 Å². The topological polar surface area (TPSA) is 56.2 Å². The number of carbonyl (C=O) groups excluding carboxylic acids is 1. The summed E-state index contributed by atoms with van der Waals surface area (Å²) in [6, 6.07) is 17.1. The molecule has 0 aliphatic carbocycles. The standard InChI is InChI=1S/C22H25N3O2/c1-15(2)27-21-7-5-6-20(13-21)23-22(26)19-10-8-18(9-11-19)14-25-17(4)12-16(3)24-25/h5-13,15H,14H2,1-4H3,(H,23,26). The Morgan fingerprint density at radius 2 is 1.85 bits per heavy atom. The molecule has 5 heteroatoms. The highest BCUT2D eigenvalue weighted by atomic mass is 16.5. The van der Waals surface area contributed by atoms with Gasteiger partial charge in [0.05, 0.1) is 18.3 Å². The van der Waals surface area contributed by atoms with Crippen molar-refractivity contribution in [1.82, 2.24) is 9.78 Å². The molecule has 27 heavy (non-hydrogen) atoms. The van der Waals surface area contributed by atoms with Gasteiger partial charge in [-0.2, -0.15) is 5.10 Å². The highest BCUT2D eigenvalue weighted by Crippen LogP contribution is 2.19. The van der Waals surface area contributed by atoms with Crippen LogP contribution < -0.4 is 10.1 Å². The zero-order valence-corrected chi connectivity index (χ0v) is 16.2. The third-order valence-electron chi connectivity index (χ3n) is 4.12. The molecular weight excluding hydrogens is 338 g/mol. The van der Waals surface area contributed by atoms with Crippen molar-refractivity contribution in [2.45, 2.75) is 40.3 Å². The minimum absolute atomic E-state index is 0.0886. The summed E-state index contributed by atoms with van der Waals surface area (Å²) >= 11 is 0. The van der Waals surface area contributed by atoms with Crippen LogP contribution in [0.3, 0.4) is 0 Å². The average Bonchev–Trinajstić information content (AvgIpc) is 2.92. The molecule has 140 valence electrons. The second kappa shape index (κ2) is 8.08. The molecule has 0 bridgehead atoms. The van der Waals surface area contributed by atoms with Gasteiger partial charge in [-0.3, -0.25) is 9.48 Å². The Morgan fingerprint density at radius 3 is 2.48 bits per heavy atom. The van der Waals surface area contributed by atoms with Gasteiger partial charge in [-0.15, -0.1) is 0 Å². The minimum atomic E-state index is -0.144. The number of anilines is 1. The van der Waals surface area contributed by atoms with E-state index in [2.05, 4.69) is 16.5 Å². The van der Waals surface area contributed by atoms with Gasteiger partial charge in [0.1, 0.15) is 5.75 Å². The van der Waals surface area contributed by atoms with E-state index >= 15 is 0 Å². The van der Waals surface area contributed by atoms with Crippen LogP contribution >= 0.6 is 0 Å². The third kappa shape index (κ3) is 4.97. The van der Waals surface area contributed by atoms with E-state index in [-0.39, 0.29) is 12.0 Å². The maximum absolute atomic E-state index is 12.5. The molecule has 2 aromatic carbocycles. The highest BCUT2D eigenvalue weighted by molar-refractivity contribution is 6.04. The predicted octanol–water partition coefficient (Wildman–Crippen LogP) is 4.59. The highest BCUT2D eigenvalue weighted by Gasteiger charge is 2.08. The van der Waals surface area contributed by atoms with Crippen molar-refractivity contribution < 1.29 is 9.53 Å². The lowest BCUT2D eigenvalue weighted by Crippen LogP contribution is -2.12. The van der Waals surface area contributed by atoms with E-state index in [0.717, 1.165) is 22.7 Å². The fourth-order valence-electron chi connectivity index (χ4n) is 2.89. The molecule has 0 radical (unpaired) electrons. The molecule has 1 amide bonds. The third-order valence-corrected chi connectivity index (χ3v) is 4.12. The molecule has 0 unspecified atom stereocenters. The predicted molar refractivity (Wildman–Crippen MR) is 107 cm³/mol. The van der Waals surface area contributed by atoms with E-state index in [9.17, 15) is 4.79 Å². The molecule has 0 aliphatic rings. The molecule has 0 atom stereocenters. The van der Waals surface area contributed by atoms with Crippen molar-refractivity contribution >= 4 is 11.6 Å². The SMILES string of the molecule is Cc1cc(C)n(Cc2ccc(C(=O)Nc3cccc(OC(C)C)c3)cc2)n1. The van der Waals surface area contributed by atoms with E-state index in [1.165, 1.54) is 0 Å². The maximum atomic E-state index is 12.5.